The maximum absolute atomic E-state index is 13.2. The Hall–Kier alpha value is -4.76. The molecule has 0 amide bonds. The second-order valence-electron chi connectivity index (χ2n) is 9.17. The van der Waals surface area contributed by atoms with E-state index in [1.54, 1.807) is 33.1 Å². The molecule has 0 bridgehead atoms. The van der Waals surface area contributed by atoms with Crippen LogP contribution in [-0.4, -0.2) is 49.7 Å². The Kier molecular flexibility index (Phi) is 8.02. The van der Waals surface area contributed by atoms with E-state index in [0.717, 1.165) is 34.3 Å². The van der Waals surface area contributed by atoms with Gasteiger partial charge in [-0.3, -0.25) is 4.79 Å². The Bertz CT molecular complexity index is 1680. The van der Waals surface area contributed by atoms with E-state index in [4.69, 9.17) is 24.0 Å². The summed E-state index contributed by atoms with van der Waals surface area (Å²) in [6, 6.07) is 23.2. The van der Waals surface area contributed by atoms with Gasteiger partial charge < -0.3 is 29.2 Å². The van der Waals surface area contributed by atoms with Crippen molar-refractivity contribution in [3.05, 3.63) is 94.3 Å². The number of para-hydroxylation sites is 1. The highest BCUT2D eigenvalue weighted by molar-refractivity contribution is 5.93. The minimum absolute atomic E-state index is 0.165. The fourth-order valence-electron chi connectivity index (χ4n) is 4.69. The zero-order valence-electron chi connectivity index (χ0n) is 23.0. The number of rotatable bonds is 11. The van der Waals surface area contributed by atoms with Crippen LogP contribution in [0.4, 0.5) is 0 Å². The zero-order chi connectivity index (χ0) is 28.1. The smallest absolute Gasteiger partial charge is 0.254 e. The number of hydrogen-bond acceptors (Lipinski definition) is 7. The van der Waals surface area contributed by atoms with Crippen molar-refractivity contribution in [3.63, 3.8) is 0 Å². The van der Waals surface area contributed by atoms with Crippen molar-refractivity contribution in [2.45, 2.75) is 13.0 Å². The van der Waals surface area contributed by atoms with Crippen LogP contribution in [-0.2, 0) is 13.0 Å². The summed E-state index contributed by atoms with van der Waals surface area (Å²) in [5.41, 5.74) is 4.59. The molecule has 9 nitrogen and oxygen atoms in total. The number of hydrogen-bond donors (Lipinski definition) is 2. The van der Waals surface area contributed by atoms with Crippen molar-refractivity contribution >= 4 is 11.0 Å². The van der Waals surface area contributed by atoms with Gasteiger partial charge >= 0.3 is 0 Å². The number of ether oxygens (including phenoxy) is 4. The third-order valence-corrected chi connectivity index (χ3v) is 6.78. The van der Waals surface area contributed by atoms with Gasteiger partial charge in [0, 0.05) is 23.1 Å². The lowest BCUT2D eigenvalue weighted by atomic mass is 10.1. The van der Waals surface area contributed by atoms with Crippen LogP contribution < -0.4 is 29.8 Å². The number of fused-ring (bicyclic) bond motifs is 1. The second kappa shape index (κ2) is 12.0. The van der Waals surface area contributed by atoms with Crippen LogP contribution >= 0.6 is 0 Å². The Morgan fingerprint density at radius 2 is 1.48 bits per heavy atom. The summed E-state index contributed by atoms with van der Waals surface area (Å²) < 4.78 is 23.4. The van der Waals surface area contributed by atoms with Gasteiger partial charge in [0.15, 0.2) is 23.0 Å². The highest BCUT2D eigenvalue weighted by Crippen LogP contribution is 2.35. The van der Waals surface area contributed by atoms with E-state index in [9.17, 15) is 4.79 Å². The second-order valence-corrected chi connectivity index (χ2v) is 9.17. The first-order valence-corrected chi connectivity index (χ1v) is 12.9. The van der Waals surface area contributed by atoms with Crippen LogP contribution in [0.25, 0.3) is 28.0 Å². The van der Waals surface area contributed by atoms with Crippen LogP contribution in [0.5, 0.6) is 23.0 Å². The monoisotopic (exact) mass is 540 g/mol. The minimum atomic E-state index is -0.165. The van der Waals surface area contributed by atoms with Crippen LogP contribution in [0, 0.1) is 0 Å². The lowest BCUT2D eigenvalue weighted by Gasteiger charge is -2.10. The van der Waals surface area contributed by atoms with Crippen LogP contribution in [0.1, 0.15) is 11.1 Å². The largest absolute Gasteiger partial charge is 0.493 e. The first kappa shape index (κ1) is 26.8. The number of aromatic amines is 1. The highest BCUT2D eigenvalue weighted by Gasteiger charge is 2.18. The highest BCUT2D eigenvalue weighted by atomic mass is 16.5. The maximum atomic E-state index is 13.2. The fourth-order valence-corrected chi connectivity index (χ4v) is 4.69. The summed E-state index contributed by atoms with van der Waals surface area (Å²) in [4.78, 5) is 16.2. The van der Waals surface area contributed by atoms with Crippen LogP contribution in [0.15, 0.2) is 77.6 Å². The van der Waals surface area contributed by atoms with Crippen molar-refractivity contribution in [2.24, 2.45) is 0 Å². The van der Waals surface area contributed by atoms with Crippen molar-refractivity contribution < 1.29 is 18.9 Å². The van der Waals surface area contributed by atoms with Gasteiger partial charge in [0.05, 0.1) is 34.1 Å². The van der Waals surface area contributed by atoms with Gasteiger partial charge in [-0.15, -0.1) is 0 Å². The normalized spacial score (nSPS) is 11.0. The van der Waals surface area contributed by atoms with Crippen molar-refractivity contribution in [1.82, 2.24) is 20.1 Å². The SMILES string of the molecule is COc1ccc(CCNCc2cc3c(-c4ccc(OC)c(OC)c4)nn(-c4ccccc4)c3[nH]c2=O)cc1OC. The summed E-state index contributed by atoms with van der Waals surface area (Å²) in [7, 11) is 6.45. The topological polar surface area (TPSA) is 99.6 Å². The molecule has 0 atom stereocenters. The maximum Gasteiger partial charge on any atom is 0.254 e. The van der Waals surface area contributed by atoms with E-state index in [2.05, 4.69) is 10.3 Å². The first-order chi connectivity index (χ1) is 19.6. The molecule has 0 unspecified atom stereocenters. The molecule has 206 valence electrons. The zero-order valence-corrected chi connectivity index (χ0v) is 23.0. The molecule has 5 rings (SSSR count). The molecule has 2 heterocycles. The van der Waals surface area contributed by atoms with Gasteiger partial charge in [-0.1, -0.05) is 24.3 Å². The molecule has 0 saturated heterocycles. The molecule has 0 aliphatic heterocycles. The van der Waals surface area contributed by atoms with Gasteiger partial charge in [-0.2, -0.15) is 5.10 Å². The average molecular weight is 541 g/mol. The number of aromatic nitrogens is 3. The molecule has 3 aromatic carbocycles. The molecule has 5 aromatic rings. The van der Waals surface area contributed by atoms with E-state index >= 15 is 0 Å². The Balaban J connectivity index is 1.46. The van der Waals surface area contributed by atoms with E-state index in [1.165, 1.54) is 0 Å². The standard InChI is InChI=1S/C31H32N4O5/c1-37-25-12-10-20(16-27(25)39-3)14-15-32-19-22-17-24-29(21-11-13-26(38-2)28(18-21)40-4)34-35(30(24)33-31(22)36)23-8-6-5-7-9-23/h5-13,16-18,32H,14-15,19H2,1-4H3,(H,33,36). The van der Waals surface area contributed by atoms with E-state index in [1.807, 2.05) is 72.8 Å². The number of H-pyrrole nitrogens is 1. The molecule has 40 heavy (non-hydrogen) atoms. The molecule has 0 aliphatic rings. The summed E-state index contributed by atoms with van der Waals surface area (Å²) in [5, 5.41) is 9.14. The average Bonchev–Trinajstić information content (AvgIpc) is 3.37. The quantitative estimate of drug-likeness (QED) is 0.233. The Morgan fingerprint density at radius 1 is 0.800 bits per heavy atom. The van der Waals surface area contributed by atoms with Crippen LogP contribution in [0.2, 0.25) is 0 Å². The molecule has 0 radical (unpaired) electrons. The fraction of sp³-hybridized carbons (Fsp3) is 0.226. The van der Waals surface area contributed by atoms with E-state index in [-0.39, 0.29) is 5.56 Å². The molecular formula is C31H32N4O5. The predicted molar refractivity (Wildman–Crippen MR) is 155 cm³/mol. The van der Waals surface area contributed by atoms with E-state index in [0.29, 0.717) is 47.3 Å². The van der Waals surface area contributed by atoms with Gasteiger partial charge in [-0.05, 0) is 67.1 Å². The Labute approximate surface area is 232 Å². The molecule has 0 spiro atoms. The molecular weight excluding hydrogens is 508 g/mol. The molecule has 0 saturated carbocycles. The third-order valence-electron chi connectivity index (χ3n) is 6.78. The lowest BCUT2D eigenvalue weighted by molar-refractivity contribution is 0.354. The predicted octanol–water partition coefficient (Wildman–Crippen LogP) is 4.75. The lowest BCUT2D eigenvalue weighted by Crippen LogP contribution is -2.23. The number of nitrogens with one attached hydrogen (secondary N) is 2. The first-order valence-electron chi connectivity index (χ1n) is 12.9. The summed E-state index contributed by atoms with van der Waals surface area (Å²) in [6.45, 7) is 1.08. The van der Waals surface area contributed by atoms with Gasteiger partial charge in [0.2, 0.25) is 0 Å². The van der Waals surface area contributed by atoms with Gasteiger partial charge in [-0.25, -0.2) is 4.68 Å². The molecule has 2 aromatic heterocycles. The molecule has 0 aliphatic carbocycles. The Morgan fingerprint density at radius 3 is 2.17 bits per heavy atom. The third kappa shape index (κ3) is 5.37. The van der Waals surface area contributed by atoms with E-state index < -0.39 is 0 Å². The minimum Gasteiger partial charge on any atom is -0.493 e. The number of nitrogens with zero attached hydrogens (tertiary/aromatic N) is 2. The molecule has 2 N–H and O–H groups in total. The van der Waals surface area contributed by atoms with Crippen LogP contribution in [0.3, 0.4) is 0 Å². The summed E-state index contributed by atoms with van der Waals surface area (Å²) in [6.07, 6.45) is 0.767. The summed E-state index contributed by atoms with van der Waals surface area (Å²) >= 11 is 0. The van der Waals surface area contributed by atoms with Crippen molar-refractivity contribution in [2.75, 3.05) is 35.0 Å². The number of pyridine rings is 1. The van der Waals surface area contributed by atoms with Gasteiger partial charge in [0.25, 0.3) is 5.56 Å². The van der Waals surface area contributed by atoms with Gasteiger partial charge in [0.1, 0.15) is 11.3 Å². The molecule has 9 heteroatoms. The van der Waals surface area contributed by atoms with Crippen molar-refractivity contribution in [3.8, 4) is 39.9 Å². The summed E-state index contributed by atoms with van der Waals surface area (Å²) in [5.74, 6) is 2.62. The number of methoxy groups -OCH3 is 4. The number of benzene rings is 3. The molecule has 0 fully saturated rings. The van der Waals surface area contributed by atoms with Crippen molar-refractivity contribution in [1.29, 1.82) is 0 Å².